The summed E-state index contributed by atoms with van der Waals surface area (Å²) >= 11 is 6.28. The van der Waals surface area contributed by atoms with Crippen molar-refractivity contribution in [2.75, 3.05) is 26.3 Å². The molecular weight excluding hydrogens is 481 g/mol. The molecule has 148 valence electrons. The molecule has 1 aliphatic heterocycles. The normalized spacial score (nSPS) is 13.0. The van der Waals surface area contributed by atoms with Crippen LogP contribution in [0.1, 0.15) is 18.9 Å². The predicted molar refractivity (Wildman–Crippen MR) is 118 cm³/mol. The monoisotopic (exact) mass is 505 g/mol. The van der Waals surface area contributed by atoms with E-state index in [9.17, 15) is 0 Å². The fourth-order valence-corrected chi connectivity index (χ4v) is 2.94. The van der Waals surface area contributed by atoms with Gasteiger partial charge in [0.1, 0.15) is 13.2 Å². The molecule has 0 bridgehead atoms. The zero-order chi connectivity index (χ0) is 18.2. The molecule has 0 saturated heterocycles. The number of aryl methyl sites for hydroxylation is 1. The molecule has 1 aliphatic rings. The standard InChI is InChI=1S/C18H24ClN5O2.HI/c1-2-20-18(21-5-3-7-24-8-4-6-23-24)22-13-14-11-15(19)17-16(12-14)25-9-10-26-17;/h4,6,8,11-12H,2-3,5,7,9-10,13H2,1H3,(H2,20,21,22);1H. The molecule has 0 spiro atoms. The van der Waals surface area contributed by atoms with Crippen molar-refractivity contribution in [3.8, 4) is 11.5 Å². The van der Waals surface area contributed by atoms with Gasteiger partial charge in [0, 0.05) is 32.0 Å². The molecular formula is C18H25ClIN5O2. The summed E-state index contributed by atoms with van der Waals surface area (Å²) in [6, 6.07) is 5.74. The summed E-state index contributed by atoms with van der Waals surface area (Å²) in [6.45, 7) is 6.10. The lowest BCUT2D eigenvalue weighted by Crippen LogP contribution is -2.38. The van der Waals surface area contributed by atoms with E-state index in [4.69, 9.17) is 21.1 Å². The molecule has 0 radical (unpaired) electrons. The zero-order valence-electron chi connectivity index (χ0n) is 15.3. The van der Waals surface area contributed by atoms with Gasteiger partial charge in [0.15, 0.2) is 17.5 Å². The third-order valence-electron chi connectivity index (χ3n) is 3.84. The first-order chi connectivity index (χ1) is 12.8. The number of rotatable bonds is 7. The van der Waals surface area contributed by atoms with Crippen LogP contribution >= 0.6 is 35.6 Å². The van der Waals surface area contributed by atoms with Crippen LogP contribution in [0.5, 0.6) is 11.5 Å². The van der Waals surface area contributed by atoms with Crippen molar-refractivity contribution >= 4 is 41.5 Å². The van der Waals surface area contributed by atoms with Crippen molar-refractivity contribution in [3.63, 3.8) is 0 Å². The number of benzene rings is 1. The Bertz CT molecular complexity index is 740. The number of fused-ring (bicyclic) bond motifs is 1. The smallest absolute Gasteiger partial charge is 0.191 e. The summed E-state index contributed by atoms with van der Waals surface area (Å²) in [5.41, 5.74) is 0.980. The van der Waals surface area contributed by atoms with Gasteiger partial charge >= 0.3 is 0 Å². The lowest BCUT2D eigenvalue weighted by molar-refractivity contribution is 0.171. The highest BCUT2D eigenvalue weighted by Gasteiger charge is 2.16. The molecule has 1 aromatic carbocycles. The van der Waals surface area contributed by atoms with Crippen molar-refractivity contribution in [2.45, 2.75) is 26.4 Å². The van der Waals surface area contributed by atoms with Gasteiger partial charge in [-0.25, -0.2) is 4.99 Å². The van der Waals surface area contributed by atoms with E-state index in [1.165, 1.54) is 0 Å². The van der Waals surface area contributed by atoms with E-state index in [2.05, 4.69) is 20.7 Å². The van der Waals surface area contributed by atoms with Crippen LogP contribution in [-0.2, 0) is 13.1 Å². The minimum atomic E-state index is 0. The van der Waals surface area contributed by atoms with E-state index in [-0.39, 0.29) is 24.0 Å². The minimum absolute atomic E-state index is 0. The van der Waals surface area contributed by atoms with E-state index >= 15 is 0 Å². The van der Waals surface area contributed by atoms with Crippen LogP contribution in [0.4, 0.5) is 0 Å². The highest BCUT2D eigenvalue weighted by Crippen LogP contribution is 2.38. The predicted octanol–water partition coefficient (Wildman–Crippen LogP) is 3.07. The molecule has 9 heteroatoms. The second-order valence-electron chi connectivity index (χ2n) is 5.85. The molecule has 0 saturated carbocycles. The number of aromatic nitrogens is 2. The van der Waals surface area contributed by atoms with Crippen LogP contribution in [0.3, 0.4) is 0 Å². The van der Waals surface area contributed by atoms with Crippen LogP contribution < -0.4 is 20.1 Å². The fourth-order valence-electron chi connectivity index (χ4n) is 2.65. The first-order valence-electron chi connectivity index (χ1n) is 8.84. The minimum Gasteiger partial charge on any atom is -0.486 e. The zero-order valence-corrected chi connectivity index (χ0v) is 18.4. The Balaban J connectivity index is 0.00000261. The third kappa shape index (κ3) is 6.46. The Hall–Kier alpha value is -1.68. The summed E-state index contributed by atoms with van der Waals surface area (Å²) in [4.78, 5) is 4.63. The molecule has 27 heavy (non-hydrogen) atoms. The van der Waals surface area contributed by atoms with E-state index in [1.54, 1.807) is 6.20 Å². The number of halogens is 2. The number of aliphatic imine (C=N–C) groups is 1. The van der Waals surface area contributed by atoms with E-state index in [1.807, 2.05) is 36.0 Å². The highest BCUT2D eigenvalue weighted by molar-refractivity contribution is 14.0. The number of hydrogen-bond donors (Lipinski definition) is 2. The van der Waals surface area contributed by atoms with E-state index in [0.717, 1.165) is 37.6 Å². The Morgan fingerprint density at radius 1 is 1.30 bits per heavy atom. The number of hydrogen-bond acceptors (Lipinski definition) is 4. The largest absolute Gasteiger partial charge is 0.486 e. The molecule has 0 amide bonds. The molecule has 2 aromatic rings. The molecule has 2 N–H and O–H groups in total. The van der Waals surface area contributed by atoms with Crippen LogP contribution in [0.25, 0.3) is 0 Å². The molecule has 0 fully saturated rings. The Kier molecular flexibility index (Phi) is 8.99. The summed E-state index contributed by atoms with van der Waals surface area (Å²) < 4.78 is 13.1. The van der Waals surface area contributed by atoms with Gasteiger partial charge in [-0.2, -0.15) is 5.10 Å². The maximum Gasteiger partial charge on any atom is 0.191 e. The Labute approximate surface area is 181 Å². The molecule has 0 aliphatic carbocycles. The van der Waals surface area contributed by atoms with Gasteiger partial charge in [-0.3, -0.25) is 4.68 Å². The average molecular weight is 506 g/mol. The number of guanidine groups is 1. The van der Waals surface area contributed by atoms with E-state index in [0.29, 0.717) is 36.3 Å². The van der Waals surface area contributed by atoms with Gasteiger partial charge in [0.25, 0.3) is 0 Å². The molecule has 0 unspecified atom stereocenters. The molecule has 1 aromatic heterocycles. The molecule has 0 atom stereocenters. The first kappa shape index (κ1) is 21.6. The van der Waals surface area contributed by atoms with Crippen molar-refractivity contribution in [2.24, 2.45) is 4.99 Å². The van der Waals surface area contributed by atoms with Gasteiger partial charge in [-0.05, 0) is 37.1 Å². The maximum absolute atomic E-state index is 6.28. The Morgan fingerprint density at radius 2 is 2.15 bits per heavy atom. The van der Waals surface area contributed by atoms with Gasteiger partial charge in [-0.1, -0.05) is 11.6 Å². The van der Waals surface area contributed by atoms with Crippen molar-refractivity contribution in [1.29, 1.82) is 0 Å². The Morgan fingerprint density at radius 3 is 2.93 bits per heavy atom. The van der Waals surface area contributed by atoms with Crippen LogP contribution in [0.15, 0.2) is 35.6 Å². The molecule has 7 nitrogen and oxygen atoms in total. The van der Waals surface area contributed by atoms with Crippen molar-refractivity contribution in [1.82, 2.24) is 20.4 Å². The summed E-state index contributed by atoms with van der Waals surface area (Å²) in [6.07, 6.45) is 4.71. The van der Waals surface area contributed by atoms with Crippen molar-refractivity contribution in [3.05, 3.63) is 41.2 Å². The second-order valence-corrected chi connectivity index (χ2v) is 6.25. The third-order valence-corrected chi connectivity index (χ3v) is 4.12. The lowest BCUT2D eigenvalue weighted by atomic mass is 10.2. The van der Waals surface area contributed by atoms with Gasteiger partial charge in [-0.15, -0.1) is 24.0 Å². The van der Waals surface area contributed by atoms with Crippen LogP contribution in [0.2, 0.25) is 5.02 Å². The van der Waals surface area contributed by atoms with Gasteiger partial charge < -0.3 is 20.1 Å². The fraction of sp³-hybridized carbons (Fsp3) is 0.444. The summed E-state index contributed by atoms with van der Waals surface area (Å²) in [7, 11) is 0. The number of nitrogens with one attached hydrogen (secondary N) is 2. The quantitative estimate of drug-likeness (QED) is 0.262. The SMILES string of the molecule is CCNC(=NCc1cc(Cl)c2c(c1)OCCO2)NCCCn1cccn1.I. The topological polar surface area (TPSA) is 72.7 Å². The number of nitrogens with zero attached hydrogens (tertiary/aromatic N) is 3. The average Bonchev–Trinajstić information content (AvgIpc) is 3.17. The van der Waals surface area contributed by atoms with Crippen molar-refractivity contribution < 1.29 is 9.47 Å². The van der Waals surface area contributed by atoms with Crippen LogP contribution in [0, 0.1) is 0 Å². The highest BCUT2D eigenvalue weighted by atomic mass is 127. The van der Waals surface area contributed by atoms with E-state index < -0.39 is 0 Å². The number of ether oxygens (including phenoxy) is 2. The molecule has 2 heterocycles. The lowest BCUT2D eigenvalue weighted by Gasteiger charge is -2.20. The maximum atomic E-state index is 6.28. The summed E-state index contributed by atoms with van der Waals surface area (Å²) in [5.74, 6) is 2.08. The van der Waals surface area contributed by atoms with Gasteiger partial charge in [0.05, 0.1) is 11.6 Å². The van der Waals surface area contributed by atoms with Crippen LogP contribution in [-0.4, -0.2) is 42.0 Å². The molecule has 3 rings (SSSR count). The first-order valence-corrected chi connectivity index (χ1v) is 9.21. The summed E-state index contributed by atoms with van der Waals surface area (Å²) in [5, 5.41) is 11.3. The van der Waals surface area contributed by atoms with Gasteiger partial charge in [0.2, 0.25) is 0 Å². The second kappa shape index (κ2) is 11.2.